The maximum atomic E-state index is 9.45. The van der Waals surface area contributed by atoms with Crippen molar-refractivity contribution in [2.75, 3.05) is 14.2 Å². The smallest absolute Gasteiger partial charge is 0.161 e. The van der Waals surface area contributed by atoms with Gasteiger partial charge in [-0.15, -0.1) is 0 Å². The van der Waals surface area contributed by atoms with Crippen molar-refractivity contribution in [2.24, 2.45) is 0 Å². The van der Waals surface area contributed by atoms with Gasteiger partial charge in [0.1, 0.15) is 0 Å². The maximum Gasteiger partial charge on any atom is 0.161 e. The third kappa shape index (κ3) is 2.80. The summed E-state index contributed by atoms with van der Waals surface area (Å²) in [5.41, 5.74) is 4.81. The summed E-state index contributed by atoms with van der Waals surface area (Å²) < 4.78 is 10.6. The quantitative estimate of drug-likeness (QED) is 0.922. The Kier molecular flexibility index (Phi) is 4.32. The van der Waals surface area contributed by atoms with Gasteiger partial charge in [-0.05, 0) is 34.4 Å². The number of aliphatic hydroxyl groups is 1. The number of nitrogens with zero attached hydrogens (tertiary/aromatic N) is 1. The number of aliphatic hydroxyl groups excluding tert-OH is 1. The van der Waals surface area contributed by atoms with Crippen LogP contribution in [-0.2, 0) is 26.2 Å². The summed E-state index contributed by atoms with van der Waals surface area (Å²) in [7, 11) is 3.30. The Morgan fingerprint density at radius 2 is 1.86 bits per heavy atom. The summed E-state index contributed by atoms with van der Waals surface area (Å²) in [6.45, 7) is 2.74. The average molecular weight is 299 g/mol. The summed E-state index contributed by atoms with van der Waals surface area (Å²) in [6, 6.07) is 12.2. The molecule has 4 nitrogen and oxygen atoms in total. The first-order valence-corrected chi connectivity index (χ1v) is 7.39. The van der Waals surface area contributed by atoms with Gasteiger partial charge in [0.15, 0.2) is 11.5 Å². The molecule has 0 spiro atoms. The molecule has 22 heavy (non-hydrogen) atoms. The Morgan fingerprint density at radius 3 is 2.59 bits per heavy atom. The normalized spacial score (nSPS) is 14.0. The lowest BCUT2D eigenvalue weighted by molar-refractivity contribution is 0.265. The van der Waals surface area contributed by atoms with Gasteiger partial charge in [-0.3, -0.25) is 4.90 Å². The molecule has 1 aliphatic rings. The van der Waals surface area contributed by atoms with Crippen LogP contribution in [0.15, 0.2) is 36.4 Å². The van der Waals surface area contributed by atoms with E-state index in [2.05, 4.69) is 17.0 Å². The van der Waals surface area contributed by atoms with Crippen LogP contribution in [0.5, 0.6) is 11.5 Å². The molecule has 3 rings (SSSR count). The summed E-state index contributed by atoms with van der Waals surface area (Å²) >= 11 is 0. The van der Waals surface area contributed by atoms with Gasteiger partial charge in [0.25, 0.3) is 0 Å². The predicted octanol–water partition coefficient (Wildman–Crippen LogP) is 2.71. The lowest BCUT2D eigenvalue weighted by Gasteiger charge is -2.16. The third-order valence-electron chi connectivity index (χ3n) is 4.17. The van der Waals surface area contributed by atoms with Crippen LogP contribution in [0, 0.1) is 0 Å². The van der Waals surface area contributed by atoms with Gasteiger partial charge in [-0.25, -0.2) is 0 Å². The first-order valence-electron chi connectivity index (χ1n) is 7.39. The Labute approximate surface area is 130 Å². The predicted molar refractivity (Wildman–Crippen MR) is 84.9 cm³/mol. The van der Waals surface area contributed by atoms with Crippen LogP contribution < -0.4 is 9.47 Å². The van der Waals surface area contributed by atoms with Gasteiger partial charge in [0, 0.05) is 19.6 Å². The standard InChI is InChI=1S/C18H21NO3/c1-21-17-7-6-13(8-18(17)22-2)9-19-10-14-4-3-5-15(12-20)16(14)11-19/h3-8,20H,9-12H2,1-2H3. The molecule has 0 radical (unpaired) electrons. The van der Waals surface area contributed by atoms with E-state index in [0.29, 0.717) is 0 Å². The highest BCUT2D eigenvalue weighted by molar-refractivity contribution is 5.43. The molecule has 4 heteroatoms. The zero-order valence-electron chi connectivity index (χ0n) is 13.0. The number of fused-ring (bicyclic) bond motifs is 1. The van der Waals surface area contributed by atoms with E-state index in [1.807, 2.05) is 24.3 Å². The van der Waals surface area contributed by atoms with E-state index in [1.165, 1.54) is 16.7 Å². The summed E-state index contributed by atoms with van der Waals surface area (Å²) in [6.07, 6.45) is 0. The number of ether oxygens (including phenoxy) is 2. The molecule has 1 heterocycles. The zero-order valence-corrected chi connectivity index (χ0v) is 13.0. The highest BCUT2D eigenvalue weighted by Gasteiger charge is 2.21. The Morgan fingerprint density at radius 1 is 1.05 bits per heavy atom. The zero-order chi connectivity index (χ0) is 15.5. The number of hydrogen-bond acceptors (Lipinski definition) is 4. The maximum absolute atomic E-state index is 9.45. The van der Waals surface area contributed by atoms with Crippen LogP contribution in [0.1, 0.15) is 22.3 Å². The molecule has 0 aliphatic carbocycles. The second kappa shape index (κ2) is 6.38. The summed E-state index contributed by atoms with van der Waals surface area (Å²) in [4.78, 5) is 2.37. The fraction of sp³-hybridized carbons (Fsp3) is 0.333. The topological polar surface area (TPSA) is 41.9 Å². The monoisotopic (exact) mass is 299 g/mol. The number of hydrogen-bond donors (Lipinski definition) is 1. The second-order valence-corrected chi connectivity index (χ2v) is 5.55. The van der Waals surface area contributed by atoms with Crippen molar-refractivity contribution in [1.29, 1.82) is 0 Å². The van der Waals surface area contributed by atoms with E-state index in [4.69, 9.17) is 9.47 Å². The minimum atomic E-state index is 0.105. The molecule has 1 aliphatic heterocycles. The van der Waals surface area contributed by atoms with Crippen molar-refractivity contribution in [3.05, 3.63) is 58.7 Å². The first-order chi connectivity index (χ1) is 10.7. The fourth-order valence-corrected chi connectivity index (χ4v) is 3.06. The Bertz CT molecular complexity index is 669. The van der Waals surface area contributed by atoms with Gasteiger partial charge >= 0.3 is 0 Å². The molecule has 2 aromatic carbocycles. The SMILES string of the molecule is COc1ccc(CN2Cc3cccc(CO)c3C2)cc1OC. The molecule has 0 atom stereocenters. The van der Waals surface area contributed by atoms with E-state index in [-0.39, 0.29) is 6.61 Å². The van der Waals surface area contributed by atoms with Crippen molar-refractivity contribution in [1.82, 2.24) is 4.90 Å². The fourth-order valence-electron chi connectivity index (χ4n) is 3.06. The van der Waals surface area contributed by atoms with Crippen molar-refractivity contribution in [3.8, 4) is 11.5 Å². The molecule has 0 fully saturated rings. The average Bonchev–Trinajstić information content (AvgIpc) is 2.96. The van der Waals surface area contributed by atoms with Crippen LogP contribution in [0.4, 0.5) is 0 Å². The molecule has 1 N–H and O–H groups in total. The van der Waals surface area contributed by atoms with Crippen molar-refractivity contribution in [3.63, 3.8) is 0 Å². The largest absolute Gasteiger partial charge is 0.493 e. The van der Waals surface area contributed by atoms with Crippen LogP contribution in [0.25, 0.3) is 0 Å². The molecule has 0 unspecified atom stereocenters. The van der Waals surface area contributed by atoms with Crippen LogP contribution in [0.3, 0.4) is 0 Å². The number of benzene rings is 2. The first kappa shape index (κ1) is 14.9. The van der Waals surface area contributed by atoms with Crippen LogP contribution >= 0.6 is 0 Å². The lowest BCUT2D eigenvalue weighted by Crippen LogP contribution is -2.15. The summed E-state index contributed by atoms with van der Waals surface area (Å²) in [5.74, 6) is 1.51. The Hall–Kier alpha value is -2.04. The van der Waals surface area contributed by atoms with Gasteiger partial charge in [0.2, 0.25) is 0 Å². The highest BCUT2D eigenvalue weighted by atomic mass is 16.5. The minimum Gasteiger partial charge on any atom is -0.493 e. The van der Waals surface area contributed by atoms with Crippen molar-refractivity contribution in [2.45, 2.75) is 26.2 Å². The molecular formula is C18H21NO3. The van der Waals surface area contributed by atoms with E-state index in [1.54, 1.807) is 14.2 Å². The van der Waals surface area contributed by atoms with E-state index in [0.717, 1.165) is 36.7 Å². The lowest BCUT2D eigenvalue weighted by atomic mass is 10.0. The molecule has 116 valence electrons. The van der Waals surface area contributed by atoms with Crippen molar-refractivity contribution < 1.29 is 14.6 Å². The van der Waals surface area contributed by atoms with E-state index < -0.39 is 0 Å². The van der Waals surface area contributed by atoms with Crippen LogP contribution in [0.2, 0.25) is 0 Å². The molecule has 0 saturated heterocycles. The van der Waals surface area contributed by atoms with Gasteiger partial charge in [0.05, 0.1) is 20.8 Å². The van der Waals surface area contributed by atoms with Gasteiger partial charge in [-0.2, -0.15) is 0 Å². The van der Waals surface area contributed by atoms with E-state index >= 15 is 0 Å². The van der Waals surface area contributed by atoms with Gasteiger partial charge in [-0.1, -0.05) is 24.3 Å². The van der Waals surface area contributed by atoms with Crippen LogP contribution in [-0.4, -0.2) is 24.2 Å². The highest BCUT2D eigenvalue weighted by Crippen LogP contribution is 2.31. The molecular weight excluding hydrogens is 278 g/mol. The summed E-state index contributed by atoms with van der Waals surface area (Å²) in [5, 5.41) is 9.45. The van der Waals surface area contributed by atoms with Crippen molar-refractivity contribution >= 4 is 0 Å². The van der Waals surface area contributed by atoms with E-state index in [9.17, 15) is 5.11 Å². The Balaban J connectivity index is 1.76. The molecule has 0 saturated carbocycles. The number of rotatable bonds is 5. The molecule has 0 bridgehead atoms. The molecule has 0 aromatic heterocycles. The number of methoxy groups -OCH3 is 2. The minimum absolute atomic E-state index is 0.105. The molecule has 2 aromatic rings. The third-order valence-corrected chi connectivity index (χ3v) is 4.17. The second-order valence-electron chi connectivity index (χ2n) is 5.55. The molecule has 0 amide bonds. The van der Waals surface area contributed by atoms with Gasteiger partial charge < -0.3 is 14.6 Å².